The number of rotatable bonds is 18. The van der Waals surface area contributed by atoms with Crippen LogP contribution in [-0.2, 0) is 6.42 Å². The van der Waals surface area contributed by atoms with E-state index in [2.05, 4.69) is 31.2 Å². The fourth-order valence-electron chi connectivity index (χ4n) is 3.95. The maximum Gasteiger partial charge on any atom is 0.122 e. The summed E-state index contributed by atoms with van der Waals surface area (Å²) in [5.41, 5.74) is 1.41. The summed E-state index contributed by atoms with van der Waals surface area (Å²) in [6.07, 6.45) is 23.6. The molecule has 1 aromatic rings. The maximum atomic E-state index is 6.11. The first-order valence-electron chi connectivity index (χ1n) is 12.1. The number of ether oxygens (including phenoxy) is 1. The number of para-hydroxylation sites is 1. The van der Waals surface area contributed by atoms with Crippen molar-refractivity contribution in [2.45, 2.75) is 116 Å². The Labute approximate surface area is 169 Å². The maximum absolute atomic E-state index is 6.11. The first-order valence-corrected chi connectivity index (χ1v) is 12.1. The van der Waals surface area contributed by atoms with E-state index in [0.717, 1.165) is 18.3 Å². The molecule has 1 aliphatic carbocycles. The summed E-state index contributed by atoms with van der Waals surface area (Å²) in [5, 5.41) is 0. The summed E-state index contributed by atoms with van der Waals surface area (Å²) in [6, 6.07) is 8.68. The van der Waals surface area contributed by atoms with E-state index in [-0.39, 0.29) is 0 Å². The summed E-state index contributed by atoms with van der Waals surface area (Å²) in [4.78, 5) is 0. The molecule has 1 aromatic carbocycles. The lowest BCUT2D eigenvalue weighted by Gasteiger charge is -2.11. The summed E-state index contributed by atoms with van der Waals surface area (Å²) in [7, 11) is 0. The minimum atomic E-state index is 0.884. The molecule has 0 aromatic heterocycles. The Morgan fingerprint density at radius 1 is 0.741 bits per heavy atom. The van der Waals surface area contributed by atoms with Crippen molar-refractivity contribution in [1.29, 1.82) is 0 Å². The van der Waals surface area contributed by atoms with Crippen molar-refractivity contribution >= 4 is 0 Å². The summed E-state index contributed by atoms with van der Waals surface area (Å²) in [5.74, 6) is 2.25. The first kappa shape index (κ1) is 22.3. The quantitative estimate of drug-likeness (QED) is 0.235. The summed E-state index contributed by atoms with van der Waals surface area (Å²) in [6.45, 7) is 3.17. The largest absolute Gasteiger partial charge is 0.493 e. The van der Waals surface area contributed by atoms with Gasteiger partial charge in [0, 0.05) is 0 Å². The molecule has 0 amide bonds. The molecule has 154 valence electrons. The Hall–Kier alpha value is -0.980. The first-order chi connectivity index (χ1) is 13.4. The van der Waals surface area contributed by atoms with Crippen LogP contribution in [0.4, 0.5) is 0 Å². The molecule has 0 radical (unpaired) electrons. The number of aryl methyl sites for hydroxylation is 1. The third kappa shape index (κ3) is 11.5. The average Bonchev–Trinajstić information content (AvgIpc) is 3.51. The lowest BCUT2D eigenvalue weighted by molar-refractivity contribution is 0.301. The fourth-order valence-corrected chi connectivity index (χ4v) is 3.95. The normalized spacial score (nSPS) is 13.8. The molecule has 1 aliphatic rings. The second-order valence-corrected chi connectivity index (χ2v) is 8.68. The van der Waals surface area contributed by atoms with Gasteiger partial charge in [-0.2, -0.15) is 0 Å². The van der Waals surface area contributed by atoms with Crippen LogP contribution >= 0.6 is 0 Å². The number of hydrogen-bond acceptors (Lipinski definition) is 1. The molecule has 1 heteroatoms. The SMILES string of the molecule is CCCCCCCCc1ccccc1OCCCCCCCCCC1CC1. The highest BCUT2D eigenvalue weighted by Crippen LogP contribution is 2.34. The van der Waals surface area contributed by atoms with Crippen LogP contribution in [-0.4, -0.2) is 6.61 Å². The average molecular weight is 373 g/mol. The van der Waals surface area contributed by atoms with Gasteiger partial charge in [-0.05, 0) is 36.8 Å². The van der Waals surface area contributed by atoms with Crippen molar-refractivity contribution in [2.24, 2.45) is 5.92 Å². The van der Waals surface area contributed by atoms with E-state index in [1.165, 1.54) is 115 Å². The zero-order valence-electron chi connectivity index (χ0n) is 18.0. The van der Waals surface area contributed by atoms with Crippen LogP contribution < -0.4 is 4.74 Å². The molecule has 0 spiro atoms. The number of benzene rings is 1. The molecule has 0 aliphatic heterocycles. The standard InChI is InChI=1S/C26H44O/c1-2-3-4-5-10-13-18-25-19-14-15-20-26(25)27-23-16-11-8-6-7-9-12-17-24-21-22-24/h14-15,19-20,24H,2-13,16-18,21-23H2,1H3. The second-order valence-electron chi connectivity index (χ2n) is 8.68. The van der Waals surface area contributed by atoms with E-state index in [9.17, 15) is 0 Å². The van der Waals surface area contributed by atoms with E-state index < -0.39 is 0 Å². The molecule has 0 saturated heterocycles. The Morgan fingerprint density at radius 2 is 1.37 bits per heavy atom. The Balaban J connectivity index is 1.46. The van der Waals surface area contributed by atoms with E-state index in [1.807, 2.05) is 0 Å². The number of hydrogen-bond donors (Lipinski definition) is 0. The lowest BCUT2D eigenvalue weighted by Crippen LogP contribution is -2.00. The lowest BCUT2D eigenvalue weighted by atomic mass is 10.0. The smallest absolute Gasteiger partial charge is 0.122 e. The highest BCUT2D eigenvalue weighted by molar-refractivity contribution is 5.33. The molecule has 1 nitrogen and oxygen atoms in total. The summed E-state index contributed by atoms with van der Waals surface area (Å²) >= 11 is 0. The van der Waals surface area contributed by atoms with Crippen LogP contribution in [0.2, 0.25) is 0 Å². The molecule has 0 unspecified atom stereocenters. The van der Waals surface area contributed by atoms with Gasteiger partial charge in [0.2, 0.25) is 0 Å². The second kappa shape index (κ2) is 15.0. The Kier molecular flexibility index (Phi) is 12.4. The molecule has 0 heterocycles. The van der Waals surface area contributed by atoms with Crippen LogP contribution in [0.15, 0.2) is 24.3 Å². The third-order valence-electron chi connectivity index (χ3n) is 5.98. The highest BCUT2D eigenvalue weighted by atomic mass is 16.5. The molecular weight excluding hydrogens is 328 g/mol. The topological polar surface area (TPSA) is 9.23 Å². The van der Waals surface area contributed by atoms with Gasteiger partial charge in [0.1, 0.15) is 5.75 Å². The predicted octanol–water partition coefficient (Wildman–Crippen LogP) is 8.50. The van der Waals surface area contributed by atoms with Crippen LogP contribution in [0.3, 0.4) is 0 Å². The van der Waals surface area contributed by atoms with Gasteiger partial charge < -0.3 is 4.74 Å². The minimum Gasteiger partial charge on any atom is -0.493 e. The van der Waals surface area contributed by atoms with E-state index in [0.29, 0.717) is 0 Å². The highest BCUT2D eigenvalue weighted by Gasteiger charge is 2.19. The minimum absolute atomic E-state index is 0.884. The zero-order valence-corrected chi connectivity index (χ0v) is 18.0. The Bertz CT molecular complexity index is 463. The van der Waals surface area contributed by atoms with E-state index >= 15 is 0 Å². The van der Waals surface area contributed by atoms with E-state index in [4.69, 9.17) is 4.74 Å². The predicted molar refractivity (Wildman–Crippen MR) is 119 cm³/mol. The van der Waals surface area contributed by atoms with Gasteiger partial charge in [-0.1, -0.05) is 115 Å². The molecule has 1 fully saturated rings. The molecule has 0 N–H and O–H groups in total. The van der Waals surface area contributed by atoms with Gasteiger partial charge in [0.05, 0.1) is 6.61 Å². The van der Waals surface area contributed by atoms with Gasteiger partial charge in [-0.25, -0.2) is 0 Å². The van der Waals surface area contributed by atoms with Crippen LogP contribution in [0, 0.1) is 5.92 Å². The Morgan fingerprint density at radius 3 is 2.11 bits per heavy atom. The molecule has 0 atom stereocenters. The number of unbranched alkanes of at least 4 members (excludes halogenated alkanes) is 11. The molecule has 27 heavy (non-hydrogen) atoms. The van der Waals surface area contributed by atoms with Gasteiger partial charge >= 0.3 is 0 Å². The molecular formula is C26H44O. The zero-order chi connectivity index (χ0) is 19.0. The van der Waals surface area contributed by atoms with Crippen LogP contribution in [0.1, 0.15) is 115 Å². The van der Waals surface area contributed by atoms with Crippen molar-refractivity contribution in [2.75, 3.05) is 6.61 Å². The van der Waals surface area contributed by atoms with E-state index in [1.54, 1.807) is 0 Å². The fraction of sp³-hybridized carbons (Fsp3) is 0.769. The van der Waals surface area contributed by atoms with Crippen molar-refractivity contribution in [3.05, 3.63) is 29.8 Å². The monoisotopic (exact) mass is 372 g/mol. The molecule has 2 rings (SSSR count). The van der Waals surface area contributed by atoms with Crippen LogP contribution in [0.25, 0.3) is 0 Å². The third-order valence-corrected chi connectivity index (χ3v) is 5.98. The summed E-state index contributed by atoms with van der Waals surface area (Å²) < 4.78 is 6.11. The molecule has 1 saturated carbocycles. The van der Waals surface area contributed by atoms with Crippen molar-refractivity contribution in [3.63, 3.8) is 0 Å². The van der Waals surface area contributed by atoms with Gasteiger partial charge in [-0.15, -0.1) is 0 Å². The van der Waals surface area contributed by atoms with Crippen molar-refractivity contribution in [3.8, 4) is 5.75 Å². The van der Waals surface area contributed by atoms with Gasteiger partial charge in [0.15, 0.2) is 0 Å². The van der Waals surface area contributed by atoms with Crippen molar-refractivity contribution in [1.82, 2.24) is 0 Å². The van der Waals surface area contributed by atoms with Crippen LogP contribution in [0.5, 0.6) is 5.75 Å². The van der Waals surface area contributed by atoms with Gasteiger partial charge in [-0.3, -0.25) is 0 Å². The van der Waals surface area contributed by atoms with Gasteiger partial charge in [0.25, 0.3) is 0 Å². The molecule has 0 bridgehead atoms. The van der Waals surface area contributed by atoms with Crippen molar-refractivity contribution < 1.29 is 4.74 Å².